The zero-order chi connectivity index (χ0) is 25.2. The van der Waals surface area contributed by atoms with Crippen molar-refractivity contribution in [3.63, 3.8) is 0 Å². The minimum absolute atomic E-state index is 0.0329. The van der Waals surface area contributed by atoms with Gasteiger partial charge in [-0.05, 0) is 53.9 Å². The van der Waals surface area contributed by atoms with E-state index in [0.717, 1.165) is 23.6 Å². The number of nitrogens with one attached hydrogen (secondary N) is 1. The number of hydrogen-bond donors (Lipinski definition) is 1. The van der Waals surface area contributed by atoms with E-state index in [1.165, 1.54) is 7.11 Å². The van der Waals surface area contributed by atoms with Crippen molar-refractivity contribution in [2.24, 2.45) is 5.92 Å². The van der Waals surface area contributed by atoms with Crippen molar-refractivity contribution in [3.05, 3.63) is 65.7 Å². The number of carbonyl (C=O) groups is 3. The Kier molecular flexibility index (Phi) is 6.50. The second-order valence-corrected chi connectivity index (χ2v) is 9.16. The van der Waals surface area contributed by atoms with Gasteiger partial charge in [-0.3, -0.25) is 14.4 Å². The first kappa shape index (κ1) is 23.7. The van der Waals surface area contributed by atoms with Gasteiger partial charge in [-0.2, -0.15) is 0 Å². The van der Waals surface area contributed by atoms with Crippen LogP contribution in [0.1, 0.15) is 33.6 Å². The van der Waals surface area contributed by atoms with Crippen LogP contribution in [0.15, 0.2) is 54.6 Å². The lowest BCUT2D eigenvalue weighted by Crippen LogP contribution is -2.50. The van der Waals surface area contributed by atoms with Crippen molar-refractivity contribution < 1.29 is 23.9 Å². The molecule has 186 valence electrons. The number of methoxy groups -OCH3 is 2. The zero-order valence-electron chi connectivity index (χ0n) is 20.5. The van der Waals surface area contributed by atoms with Crippen molar-refractivity contribution in [1.82, 2.24) is 9.80 Å². The van der Waals surface area contributed by atoms with Crippen LogP contribution in [0.2, 0.25) is 0 Å². The molecule has 1 N–H and O–H groups in total. The molecule has 2 fully saturated rings. The third kappa shape index (κ3) is 4.71. The lowest BCUT2D eigenvalue weighted by molar-refractivity contribution is -0.117. The minimum atomic E-state index is -0.148. The molecule has 0 aromatic heterocycles. The van der Waals surface area contributed by atoms with Gasteiger partial charge in [-0.1, -0.05) is 24.3 Å². The number of benzene rings is 3. The van der Waals surface area contributed by atoms with Crippen molar-refractivity contribution in [2.75, 3.05) is 45.7 Å². The summed E-state index contributed by atoms with van der Waals surface area (Å²) < 4.78 is 10.6. The molecule has 8 nitrogen and oxygen atoms in total. The second-order valence-electron chi connectivity index (χ2n) is 9.16. The summed E-state index contributed by atoms with van der Waals surface area (Å²) in [7, 11) is 3.08. The molecule has 5 rings (SSSR count). The minimum Gasteiger partial charge on any atom is -0.493 e. The molecule has 36 heavy (non-hydrogen) atoms. The van der Waals surface area contributed by atoms with E-state index in [0.29, 0.717) is 54.5 Å². The van der Waals surface area contributed by atoms with Gasteiger partial charge in [0.2, 0.25) is 5.91 Å². The van der Waals surface area contributed by atoms with Gasteiger partial charge in [0.05, 0.1) is 25.5 Å². The Balaban J connectivity index is 1.32. The average molecular weight is 488 g/mol. The highest BCUT2D eigenvalue weighted by Crippen LogP contribution is 2.32. The normalized spacial score (nSPS) is 15.5. The van der Waals surface area contributed by atoms with E-state index in [9.17, 15) is 14.4 Å². The van der Waals surface area contributed by atoms with Crippen LogP contribution in [0, 0.1) is 5.92 Å². The third-order valence-corrected chi connectivity index (χ3v) is 6.81. The average Bonchev–Trinajstić information content (AvgIpc) is 3.77. The summed E-state index contributed by atoms with van der Waals surface area (Å²) in [6.07, 6.45) is 1.78. The molecule has 0 spiro atoms. The molecule has 0 atom stereocenters. The van der Waals surface area contributed by atoms with Gasteiger partial charge >= 0.3 is 0 Å². The molecule has 8 heteroatoms. The Morgan fingerprint density at radius 2 is 1.39 bits per heavy atom. The Morgan fingerprint density at radius 1 is 0.778 bits per heavy atom. The molecule has 3 aromatic rings. The van der Waals surface area contributed by atoms with Gasteiger partial charge < -0.3 is 24.6 Å². The molecule has 1 heterocycles. The van der Waals surface area contributed by atoms with E-state index >= 15 is 0 Å². The van der Waals surface area contributed by atoms with Crippen molar-refractivity contribution in [3.8, 4) is 11.5 Å². The van der Waals surface area contributed by atoms with Gasteiger partial charge in [0.25, 0.3) is 11.8 Å². The van der Waals surface area contributed by atoms with Crippen LogP contribution in [0.4, 0.5) is 5.69 Å². The van der Waals surface area contributed by atoms with Crippen molar-refractivity contribution >= 4 is 34.2 Å². The van der Waals surface area contributed by atoms with E-state index in [2.05, 4.69) is 5.32 Å². The number of rotatable bonds is 6. The number of hydrogen-bond acceptors (Lipinski definition) is 5. The predicted octanol–water partition coefficient (Wildman–Crippen LogP) is 3.80. The van der Waals surface area contributed by atoms with Crippen LogP contribution in [0.25, 0.3) is 10.8 Å². The molecule has 1 aliphatic carbocycles. The summed E-state index contributed by atoms with van der Waals surface area (Å²) in [4.78, 5) is 42.6. The number of carbonyl (C=O) groups excluding carboxylic acids is 3. The number of anilines is 1. The first-order valence-corrected chi connectivity index (χ1v) is 12.1. The van der Waals surface area contributed by atoms with Crippen LogP contribution >= 0.6 is 0 Å². The lowest BCUT2D eigenvalue weighted by atomic mass is 10.0. The molecule has 1 saturated carbocycles. The number of piperazine rings is 1. The SMILES string of the molecule is COc1ccc(C(=O)N2CCN(C(=O)c3cc4ccccc4cc3NC(=O)C3CC3)CC2)cc1OC. The largest absolute Gasteiger partial charge is 0.493 e. The van der Waals surface area contributed by atoms with Gasteiger partial charge in [0, 0.05) is 37.7 Å². The lowest BCUT2D eigenvalue weighted by Gasteiger charge is -2.35. The smallest absolute Gasteiger partial charge is 0.256 e. The molecule has 3 aromatic carbocycles. The molecular formula is C28H29N3O5. The molecular weight excluding hydrogens is 458 g/mol. The van der Waals surface area contributed by atoms with Gasteiger partial charge in [0.15, 0.2) is 11.5 Å². The fourth-order valence-electron chi connectivity index (χ4n) is 4.54. The maximum Gasteiger partial charge on any atom is 0.256 e. The Hall–Kier alpha value is -4.07. The molecule has 1 saturated heterocycles. The Labute approximate surface area is 209 Å². The van der Waals surface area contributed by atoms with Crippen LogP contribution in [-0.2, 0) is 4.79 Å². The summed E-state index contributed by atoms with van der Waals surface area (Å²) >= 11 is 0. The van der Waals surface area contributed by atoms with Crippen molar-refractivity contribution in [2.45, 2.75) is 12.8 Å². The number of amides is 3. The first-order valence-electron chi connectivity index (χ1n) is 12.1. The van der Waals surface area contributed by atoms with E-state index in [1.54, 1.807) is 35.1 Å². The predicted molar refractivity (Wildman–Crippen MR) is 137 cm³/mol. The molecule has 0 bridgehead atoms. The summed E-state index contributed by atoms with van der Waals surface area (Å²) in [5.74, 6) is 0.783. The standard InChI is InChI=1S/C28H29N3O5/c1-35-24-10-9-21(17-25(24)36-2)27(33)30-11-13-31(14-12-30)28(34)22-15-19-5-3-4-6-20(19)16-23(22)29-26(32)18-7-8-18/h3-6,9-10,15-18H,7-8,11-14H2,1-2H3,(H,29,32). The number of ether oxygens (including phenoxy) is 2. The zero-order valence-corrected chi connectivity index (χ0v) is 20.5. The van der Waals surface area contributed by atoms with E-state index in [1.807, 2.05) is 36.4 Å². The molecule has 2 aliphatic rings. The summed E-state index contributed by atoms with van der Waals surface area (Å²) in [6, 6.07) is 16.6. The summed E-state index contributed by atoms with van der Waals surface area (Å²) in [5, 5.41) is 4.88. The summed E-state index contributed by atoms with van der Waals surface area (Å²) in [5.41, 5.74) is 1.52. The number of nitrogens with zero attached hydrogens (tertiary/aromatic N) is 2. The van der Waals surface area contributed by atoms with Crippen LogP contribution in [0.3, 0.4) is 0 Å². The second kappa shape index (κ2) is 9.89. The number of fused-ring (bicyclic) bond motifs is 1. The maximum absolute atomic E-state index is 13.6. The van der Waals surface area contributed by atoms with E-state index in [4.69, 9.17) is 9.47 Å². The van der Waals surface area contributed by atoms with Gasteiger partial charge in [-0.25, -0.2) is 0 Å². The fourth-order valence-corrected chi connectivity index (χ4v) is 4.54. The van der Waals surface area contributed by atoms with E-state index < -0.39 is 0 Å². The molecule has 1 aliphatic heterocycles. The third-order valence-electron chi connectivity index (χ3n) is 6.81. The fraction of sp³-hybridized carbons (Fsp3) is 0.321. The first-order chi connectivity index (χ1) is 17.5. The Morgan fingerprint density at radius 3 is 2.00 bits per heavy atom. The maximum atomic E-state index is 13.6. The van der Waals surface area contributed by atoms with Crippen molar-refractivity contribution in [1.29, 1.82) is 0 Å². The van der Waals surface area contributed by atoms with E-state index in [-0.39, 0.29) is 23.6 Å². The van der Waals surface area contributed by atoms with Crippen LogP contribution in [0.5, 0.6) is 11.5 Å². The molecule has 0 unspecified atom stereocenters. The molecule has 3 amide bonds. The molecule has 0 radical (unpaired) electrons. The summed E-state index contributed by atoms with van der Waals surface area (Å²) in [6.45, 7) is 1.63. The quantitative estimate of drug-likeness (QED) is 0.571. The highest BCUT2D eigenvalue weighted by Gasteiger charge is 2.32. The van der Waals surface area contributed by atoms with Gasteiger partial charge in [0.1, 0.15) is 0 Å². The topological polar surface area (TPSA) is 88.2 Å². The monoisotopic (exact) mass is 487 g/mol. The van der Waals surface area contributed by atoms with Crippen LogP contribution in [-0.4, -0.2) is 67.9 Å². The highest BCUT2D eigenvalue weighted by molar-refractivity contribution is 6.08. The van der Waals surface area contributed by atoms with Crippen LogP contribution < -0.4 is 14.8 Å². The van der Waals surface area contributed by atoms with Gasteiger partial charge in [-0.15, -0.1) is 0 Å². The Bertz CT molecular complexity index is 1330. The highest BCUT2D eigenvalue weighted by atomic mass is 16.5.